The molecule has 1 aliphatic heterocycles. The standard InChI is InChI=1S/C10H14N2O5S/c13-9(14)5-4-8-11-12-10(17-8)7-3-1-2-6-18(7,15)16/h7H,1-6H2,(H,13,14). The number of sulfone groups is 1. The summed E-state index contributed by atoms with van der Waals surface area (Å²) in [6, 6.07) is 0. The second kappa shape index (κ2) is 5.05. The number of carboxylic acids is 1. The van der Waals surface area contributed by atoms with Crippen molar-refractivity contribution in [3.8, 4) is 0 Å². The van der Waals surface area contributed by atoms with Crippen molar-refractivity contribution in [1.29, 1.82) is 0 Å². The highest BCUT2D eigenvalue weighted by atomic mass is 32.2. The van der Waals surface area contributed by atoms with Crippen molar-refractivity contribution in [2.75, 3.05) is 5.75 Å². The van der Waals surface area contributed by atoms with Gasteiger partial charge in [-0.15, -0.1) is 10.2 Å². The molecule has 0 saturated carbocycles. The molecule has 0 aliphatic carbocycles. The van der Waals surface area contributed by atoms with E-state index >= 15 is 0 Å². The summed E-state index contributed by atoms with van der Waals surface area (Å²) in [6.45, 7) is 0. The summed E-state index contributed by atoms with van der Waals surface area (Å²) in [5.41, 5.74) is 0. The van der Waals surface area contributed by atoms with Gasteiger partial charge in [-0.1, -0.05) is 6.42 Å². The van der Waals surface area contributed by atoms with Crippen LogP contribution in [0.25, 0.3) is 0 Å². The maximum absolute atomic E-state index is 11.8. The first-order valence-corrected chi connectivity index (χ1v) is 7.46. The summed E-state index contributed by atoms with van der Waals surface area (Å²) in [5.74, 6) is -0.548. The van der Waals surface area contributed by atoms with E-state index in [-0.39, 0.29) is 30.4 Å². The quantitative estimate of drug-likeness (QED) is 0.861. The Morgan fingerprint density at radius 1 is 1.39 bits per heavy atom. The predicted molar refractivity (Wildman–Crippen MR) is 60.6 cm³/mol. The monoisotopic (exact) mass is 274 g/mol. The molecule has 1 fully saturated rings. The van der Waals surface area contributed by atoms with E-state index in [0.717, 1.165) is 6.42 Å². The highest BCUT2D eigenvalue weighted by Gasteiger charge is 2.34. The average molecular weight is 274 g/mol. The molecule has 0 aromatic carbocycles. The lowest BCUT2D eigenvalue weighted by atomic mass is 10.2. The summed E-state index contributed by atoms with van der Waals surface area (Å²) in [7, 11) is -3.21. The number of carboxylic acid groups (broad SMARTS) is 1. The lowest BCUT2D eigenvalue weighted by molar-refractivity contribution is -0.137. The zero-order valence-corrected chi connectivity index (χ0v) is 10.5. The topological polar surface area (TPSA) is 110 Å². The van der Waals surface area contributed by atoms with Crippen molar-refractivity contribution < 1.29 is 22.7 Å². The average Bonchev–Trinajstić information content (AvgIpc) is 2.74. The zero-order valence-electron chi connectivity index (χ0n) is 9.70. The fraction of sp³-hybridized carbons (Fsp3) is 0.700. The van der Waals surface area contributed by atoms with Gasteiger partial charge < -0.3 is 9.52 Å². The third kappa shape index (κ3) is 2.87. The Morgan fingerprint density at radius 3 is 2.83 bits per heavy atom. The van der Waals surface area contributed by atoms with E-state index in [0.29, 0.717) is 12.8 Å². The molecular formula is C10H14N2O5S. The Bertz CT molecular complexity index is 536. The van der Waals surface area contributed by atoms with Gasteiger partial charge in [-0.2, -0.15) is 0 Å². The van der Waals surface area contributed by atoms with Gasteiger partial charge in [-0.3, -0.25) is 4.79 Å². The number of hydrogen-bond donors (Lipinski definition) is 1. The van der Waals surface area contributed by atoms with Gasteiger partial charge in [0, 0.05) is 6.42 Å². The molecule has 2 rings (SSSR count). The number of carbonyl (C=O) groups is 1. The zero-order chi connectivity index (χ0) is 13.2. The van der Waals surface area contributed by atoms with Crippen LogP contribution in [-0.4, -0.2) is 35.4 Å². The summed E-state index contributed by atoms with van der Waals surface area (Å²) in [4.78, 5) is 10.4. The van der Waals surface area contributed by atoms with Crippen molar-refractivity contribution in [2.24, 2.45) is 0 Å². The molecule has 0 bridgehead atoms. The maximum atomic E-state index is 11.8. The molecule has 1 atom stereocenters. The lowest BCUT2D eigenvalue weighted by Crippen LogP contribution is -2.21. The fourth-order valence-electron chi connectivity index (χ4n) is 1.94. The Balaban J connectivity index is 2.11. The minimum Gasteiger partial charge on any atom is -0.481 e. The second-order valence-corrected chi connectivity index (χ2v) is 6.58. The van der Waals surface area contributed by atoms with Crippen LogP contribution in [-0.2, 0) is 21.1 Å². The van der Waals surface area contributed by atoms with E-state index in [1.165, 1.54) is 0 Å². The maximum Gasteiger partial charge on any atom is 0.303 e. The molecule has 0 spiro atoms. The van der Waals surface area contributed by atoms with Crippen LogP contribution in [0.3, 0.4) is 0 Å². The van der Waals surface area contributed by atoms with Crippen molar-refractivity contribution in [1.82, 2.24) is 10.2 Å². The van der Waals surface area contributed by atoms with Gasteiger partial charge in [-0.05, 0) is 12.8 Å². The van der Waals surface area contributed by atoms with Crippen LogP contribution in [0.1, 0.15) is 42.7 Å². The van der Waals surface area contributed by atoms with Crippen LogP contribution < -0.4 is 0 Å². The third-order valence-corrected chi connectivity index (χ3v) is 5.05. The number of hydrogen-bond acceptors (Lipinski definition) is 6. The molecule has 1 aromatic rings. The van der Waals surface area contributed by atoms with Gasteiger partial charge in [0.25, 0.3) is 0 Å². The Morgan fingerprint density at radius 2 is 2.17 bits per heavy atom. The van der Waals surface area contributed by atoms with Gasteiger partial charge >= 0.3 is 5.97 Å². The van der Waals surface area contributed by atoms with E-state index in [1.807, 2.05) is 0 Å². The summed E-state index contributed by atoms with van der Waals surface area (Å²) in [5, 5.41) is 15.2. The predicted octanol–water partition coefficient (Wildman–Crippen LogP) is 0.727. The van der Waals surface area contributed by atoms with E-state index in [4.69, 9.17) is 9.52 Å². The Kier molecular flexibility index (Phi) is 3.65. The summed E-state index contributed by atoms with van der Waals surface area (Å²) < 4.78 is 28.9. The molecule has 1 saturated heterocycles. The fourth-order valence-corrected chi connectivity index (χ4v) is 3.76. The Labute approximate surface area is 104 Å². The van der Waals surface area contributed by atoms with E-state index in [9.17, 15) is 13.2 Å². The van der Waals surface area contributed by atoms with E-state index < -0.39 is 21.1 Å². The lowest BCUT2D eigenvalue weighted by Gasteiger charge is -2.18. The minimum absolute atomic E-state index is 0.0927. The molecule has 0 radical (unpaired) electrons. The van der Waals surface area contributed by atoms with Crippen molar-refractivity contribution in [2.45, 2.75) is 37.4 Å². The van der Waals surface area contributed by atoms with Crippen LogP contribution in [0.5, 0.6) is 0 Å². The van der Waals surface area contributed by atoms with Crippen molar-refractivity contribution in [3.63, 3.8) is 0 Å². The number of aryl methyl sites for hydroxylation is 1. The molecule has 1 unspecified atom stereocenters. The molecule has 0 amide bonds. The van der Waals surface area contributed by atoms with E-state index in [2.05, 4.69) is 10.2 Å². The summed E-state index contributed by atoms with van der Waals surface area (Å²) in [6.07, 6.45) is 1.98. The van der Waals surface area contributed by atoms with Crippen LogP contribution in [0.4, 0.5) is 0 Å². The first-order chi connectivity index (χ1) is 8.49. The Hall–Kier alpha value is -1.44. The molecule has 1 N–H and O–H groups in total. The van der Waals surface area contributed by atoms with Crippen LogP contribution in [0.2, 0.25) is 0 Å². The molecule has 1 aromatic heterocycles. The van der Waals surface area contributed by atoms with Gasteiger partial charge in [0.05, 0.1) is 12.2 Å². The number of rotatable bonds is 4. The molecular weight excluding hydrogens is 260 g/mol. The van der Waals surface area contributed by atoms with Gasteiger partial charge in [0.1, 0.15) is 5.25 Å². The summed E-state index contributed by atoms with van der Waals surface area (Å²) >= 11 is 0. The van der Waals surface area contributed by atoms with Gasteiger partial charge in [-0.25, -0.2) is 8.42 Å². The molecule has 18 heavy (non-hydrogen) atoms. The highest BCUT2D eigenvalue weighted by molar-refractivity contribution is 7.91. The second-order valence-electron chi connectivity index (χ2n) is 4.28. The van der Waals surface area contributed by atoms with Crippen LogP contribution in [0.15, 0.2) is 4.42 Å². The molecule has 2 heterocycles. The first-order valence-electron chi connectivity index (χ1n) is 5.74. The number of aliphatic carboxylic acids is 1. The van der Waals surface area contributed by atoms with Crippen molar-refractivity contribution >= 4 is 15.8 Å². The van der Waals surface area contributed by atoms with Crippen LogP contribution in [0, 0.1) is 0 Å². The highest BCUT2D eigenvalue weighted by Crippen LogP contribution is 2.32. The number of nitrogens with zero attached hydrogens (tertiary/aromatic N) is 2. The van der Waals surface area contributed by atoms with Crippen LogP contribution >= 0.6 is 0 Å². The van der Waals surface area contributed by atoms with Crippen molar-refractivity contribution in [3.05, 3.63) is 11.8 Å². The van der Waals surface area contributed by atoms with Gasteiger partial charge in [0.2, 0.25) is 11.8 Å². The molecule has 1 aliphatic rings. The minimum atomic E-state index is -3.21. The SMILES string of the molecule is O=C(O)CCc1nnc(C2CCCCS2(=O)=O)o1. The molecule has 7 nitrogen and oxygen atoms in total. The normalized spacial score (nSPS) is 22.8. The largest absolute Gasteiger partial charge is 0.481 e. The number of aromatic nitrogens is 2. The smallest absolute Gasteiger partial charge is 0.303 e. The van der Waals surface area contributed by atoms with Gasteiger partial charge in [0.15, 0.2) is 9.84 Å². The molecule has 100 valence electrons. The first kappa shape index (κ1) is 13.0. The molecule has 8 heteroatoms. The van der Waals surface area contributed by atoms with E-state index in [1.54, 1.807) is 0 Å². The third-order valence-electron chi connectivity index (χ3n) is 2.89.